The van der Waals surface area contributed by atoms with Gasteiger partial charge in [-0.1, -0.05) is 47.1 Å². The first-order valence-corrected chi connectivity index (χ1v) is 20.7. The summed E-state index contributed by atoms with van der Waals surface area (Å²) in [6.07, 6.45) is -12.2. The van der Waals surface area contributed by atoms with Crippen molar-refractivity contribution in [1.29, 1.82) is 0 Å². The molecule has 2 heterocycles. The smallest absolute Gasteiger partial charge is 0.335 e. The van der Waals surface area contributed by atoms with Crippen molar-refractivity contribution < 1.29 is 79.0 Å². The van der Waals surface area contributed by atoms with Crippen molar-refractivity contribution in [2.24, 2.45) is 50.2 Å². The molecule has 0 spiro atoms. The molecule has 0 unspecified atom stereocenters. The molecule has 0 radical (unpaired) electrons. The number of carboxylic acid groups (broad SMARTS) is 3. The minimum absolute atomic E-state index is 0.0217. The van der Waals surface area contributed by atoms with Gasteiger partial charge in [-0.15, -0.1) is 0 Å². The Hall–Kier alpha value is -2.54. The van der Waals surface area contributed by atoms with Gasteiger partial charge in [-0.05, 0) is 110 Å². The summed E-state index contributed by atoms with van der Waals surface area (Å²) in [4.78, 5) is 51.3. The molecule has 5 aliphatic carbocycles. The van der Waals surface area contributed by atoms with Gasteiger partial charge in [0.05, 0.1) is 11.5 Å². The lowest BCUT2D eigenvalue weighted by Gasteiger charge is -2.70. The summed E-state index contributed by atoms with van der Waals surface area (Å²) < 4.78 is 23.4. The Morgan fingerprint density at radius 2 is 1.28 bits per heavy atom. The maximum Gasteiger partial charge on any atom is 0.335 e. The van der Waals surface area contributed by atoms with Crippen LogP contribution in [0.25, 0.3) is 0 Å². The lowest BCUT2D eigenvalue weighted by atomic mass is 9.33. The predicted octanol–water partition coefficient (Wildman–Crippen LogP) is 2.25. The fourth-order valence-electron chi connectivity index (χ4n) is 13.4. The summed E-state index contributed by atoms with van der Waals surface area (Å²) in [6, 6.07) is 0. The fraction of sp³-hybridized carbons (Fsp3) is 0.857. The average molecular weight is 823 g/mol. The van der Waals surface area contributed by atoms with Crippen molar-refractivity contribution in [3.05, 3.63) is 11.6 Å². The van der Waals surface area contributed by atoms with Crippen LogP contribution in [0.2, 0.25) is 0 Å². The van der Waals surface area contributed by atoms with Crippen LogP contribution < -0.4 is 0 Å². The van der Waals surface area contributed by atoms with E-state index < -0.39 is 107 Å². The normalized spacial score (nSPS) is 52.6. The zero-order valence-corrected chi connectivity index (χ0v) is 34.4. The molecular weight excluding hydrogens is 760 g/mol. The fourth-order valence-corrected chi connectivity index (χ4v) is 13.4. The number of aliphatic carboxylic acids is 3. The second kappa shape index (κ2) is 14.3. The molecule has 16 heteroatoms. The Morgan fingerprint density at radius 1 is 0.690 bits per heavy atom. The molecule has 0 bridgehead atoms. The molecule has 2 saturated heterocycles. The second-order valence-corrected chi connectivity index (χ2v) is 20.6. The van der Waals surface area contributed by atoms with Crippen molar-refractivity contribution in [3.8, 4) is 0 Å². The number of hydrogen-bond acceptors (Lipinski definition) is 13. The highest BCUT2D eigenvalue weighted by Crippen LogP contribution is 2.75. The Bertz CT molecular complexity index is 1730. The molecule has 7 rings (SSSR count). The Balaban J connectivity index is 1.17. The van der Waals surface area contributed by atoms with E-state index in [0.717, 1.165) is 37.7 Å². The van der Waals surface area contributed by atoms with E-state index in [1.807, 2.05) is 26.8 Å². The molecule has 58 heavy (non-hydrogen) atoms. The maximum absolute atomic E-state index is 14.8. The van der Waals surface area contributed by atoms with E-state index in [4.69, 9.17) is 18.9 Å². The van der Waals surface area contributed by atoms with E-state index in [0.29, 0.717) is 25.7 Å². The van der Waals surface area contributed by atoms with Crippen molar-refractivity contribution in [2.75, 3.05) is 0 Å². The monoisotopic (exact) mass is 822 g/mol. The number of aliphatic hydroxyl groups excluding tert-OH is 5. The van der Waals surface area contributed by atoms with Crippen molar-refractivity contribution in [2.45, 2.75) is 174 Å². The molecule has 19 atom stereocenters. The van der Waals surface area contributed by atoms with Crippen molar-refractivity contribution in [3.63, 3.8) is 0 Å². The van der Waals surface area contributed by atoms with Gasteiger partial charge < -0.3 is 59.8 Å². The number of carbonyl (C=O) groups is 4. The van der Waals surface area contributed by atoms with E-state index >= 15 is 0 Å². The van der Waals surface area contributed by atoms with Crippen LogP contribution in [0.3, 0.4) is 0 Å². The van der Waals surface area contributed by atoms with Gasteiger partial charge in [0.1, 0.15) is 36.6 Å². The summed E-state index contributed by atoms with van der Waals surface area (Å²) in [7, 11) is 0. The third kappa shape index (κ3) is 6.25. The van der Waals surface area contributed by atoms with E-state index in [1.165, 1.54) is 0 Å². The number of rotatable bonds is 7. The molecule has 0 aromatic heterocycles. The largest absolute Gasteiger partial charge is 0.481 e. The molecule has 0 aromatic carbocycles. The van der Waals surface area contributed by atoms with Crippen LogP contribution in [-0.4, -0.2) is 132 Å². The van der Waals surface area contributed by atoms with Crippen molar-refractivity contribution >= 4 is 23.7 Å². The zero-order chi connectivity index (χ0) is 42.9. The lowest BCUT2D eigenvalue weighted by Crippen LogP contribution is -2.68. The van der Waals surface area contributed by atoms with Gasteiger partial charge in [-0.25, -0.2) is 9.59 Å². The molecule has 6 fully saturated rings. The maximum atomic E-state index is 14.8. The summed E-state index contributed by atoms with van der Waals surface area (Å²) in [5, 5.41) is 83.0. The van der Waals surface area contributed by atoms with Crippen LogP contribution in [0.4, 0.5) is 0 Å². The van der Waals surface area contributed by atoms with E-state index in [2.05, 4.69) is 27.7 Å². The highest BCUT2D eigenvalue weighted by molar-refractivity contribution is 5.95. The number of fused-ring (bicyclic) bond motifs is 7. The predicted molar refractivity (Wildman–Crippen MR) is 199 cm³/mol. The molecule has 16 nitrogen and oxygen atoms in total. The summed E-state index contributed by atoms with van der Waals surface area (Å²) >= 11 is 0. The third-order valence-electron chi connectivity index (χ3n) is 17.2. The minimum atomic E-state index is -2.05. The Morgan fingerprint density at radius 3 is 1.88 bits per heavy atom. The quantitative estimate of drug-likeness (QED) is 0.171. The lowest BCUT2D eigenvalue weighted by molar-refractivity contribution is -0.371. The van der Waals surface area contributed by atoms with Gasteiger partial charge in [0, 0.05) is 5.92 Å². The van der Waals surface area contributed by atoms with Crippen LogP contribution in [0, 0.1) is 50.2 Å². The van der Waals surface area contributed by atoms with Crippen LogP contribution in [0.1, 0.15) is 106 Å². The molecule has 326 valence electrons. The molecule has 2 aliphatic heterocycles. The third-order valence-corrected chi connectivity index (χ3v) is 17.2. The Labute approximate surface area is 337 Å². The first kappa shape index (κ1) is 43.5. The van der Waals surface area contributed by atoms with Gasteiger partial charge in [0.2, 0.25) is 0 Å². The minimum Gasteiger partial charge on any atom is -0.481 e. The number of ether oxygens (including phenoxy) is 4. The number of carboxylic acids is 3. The highest BCUT2D eigenvalue weighted by Gasteiger charge is 2.71. The number of hydrogen-bond donors (Lipinski definition) is 8. The SMILES string of the molecule is CC1(C)[C@@H](O[C@@H]2O[C@H](C(=O)O)[C@@H](O)[C@H](O)[C@H]2O[C@@H]2O[C@H](C(=O)O)[C@@H](O)[C@H](O)[C@H]2O)CC[C@]2(C)[C@H]3C(=O)C=C4[C@H]5C[C@](C)(C(=O)O)CC[C@]5(C)CC[C@@]4(C)[C@]3(C)CC[C@@H]12. The zero-order valence-electron chi connectivity index (χ0n) is 34.4. The molecular formula is C42H62O16. The van der Waals surface area contributed by atoms with Gasteiger partial charge >= 0.3 is 17.9 Å². The second-order valence-electron chi connectivity index (χ2n) is 20.6. The number of aliphatic hydroxyl groups is 5. The molecule has 4 saturated carbocycles. The average Bonchev–Trinajstić information content (AvgIpc) is 3.13. The van der Waals surface area contributed by atoms with E-state index in [1.54, 1.807) is 0 Å². The van der Waals surface area contributed by atoms with Gasteiger partial charge in [0.25, 0.3) is 0 Å². The summed E-state index contributed by atoms with van der Waals surface area (Å²) in [6.45, 7) is 14.8. The van der Waals surface area contributed by atoms with Crippen LogP contribution in [-0.2, 0) is 38.1 Å². The summed E-state index contributed by atoms with van der Waals surface area (Å²) in [5.74, 6) is -4.47. The van der Waals surface area contributed by atoms with Gasteiger partial charge in [-0.3, -0.25) is 9.59 Å². The first-order chi connectivity index (χ1) is 26.8. The first-order valence-electron chi connectivity index (χ1n) is 20.7. The van der Waals surface area contributed by atoms with Crippen LogP contribution in [0.5, 0.6) is 0 Å². The van der Waals surface area contributed by atoms with E-state index in [9.17, 15) is 60.0 Å². The topological polar surface area (TPSA) is 267 Å². The van der Waals surface area contributed by atoms with Gasteiger partial charge in [0.15, 0.2) is 30.6 Å². The standard InChI is InChI=1S/C42H62O16/c1-37(2)21-8-11-42(7)31(20(43)16-18-19-17-39(4,36(53)54)13-12-38(19,3)14-15-41(18,42)6)40(21,5)10-9-22(37)55-35-30(26(47)25(46)29(57-35)33(51)52)58-34-27(48)23(44)24(45)28(56-34)32(49)50/h16,19,21-31,34-35,44-48H,8-15,17H2,1-7H3,(H,49,50)(H,51,52)(H,53,54)/t19-,21+,22+,23+,24+,25+,26+,27-,28+,29+,30-,31-,34+,35-,38-,39-,40+,41-,42-/m1/s1. The van der Waals surface area contributed by atoms with E-state index in [-0.39, 0.29) is 34.4 Å². The Kier molecular flexibility index (Phi) is 10.7. The molecule has 0 aromatic rings. The summed E-state index contributed by atoms with van der Waals surface area (Å²) in [5.41, 5.74) is -1.81. The highest BCUT2D eigenvalue weighted by atomic mass is 16.8. The van der Waals surface area contributed by atoms with Crippen LogP contribution in [0.15, 0.2) is 11.6 Å². The van der Waals surface area contributed by atoms with Gasteiger partial charge in [-0.2, -0.15) is 0 Å². The molecule has 8 N–H and O–H groups in total. The number of allylic oxidation sites excluding steroid dienone is 2. The molecule has 7 aliphatic rings. The molecule has 0 amide bonds. The van der Waals surface area contributed by atoms with Crippen molar-refractivity contribution in [1.82, 2.24) is 0 Å². The number of ketones is 1. The van der Waals surface area contributed by atoms with Crippen LogP contribution >= 0.6 is 0 Å². The number of carbonyl (C=O) groups excluding carboxylic acids is 1.